The number of ether oxygens (including phenoxy) is 1. The number of nitrogens with zero attached hydrogens (tertiary/aromatic N) is 3. The molecule has 2 aromatic rings. The summed E-state index contributed by atoms with van der Waals surface area (Å²) in [6.45, 7) is 9.00. The van der Waals surface area contributed by atoms with Crippen molar-refractivity contribution < 1.29 is 9.13 Å². The van der Waals surface area contributed by atoms with Crippen molar-refractivity contribution in [3.63, 3.8) is 0 Å². The molecule has 8 heteroatoms. The van der Waals surface area contributed by atoms with E-state index >= 15 is 0 Å². The first kappa shape index (κ1) is 17.0. The number of rotatable bonds is 3. The Morgan fingerprint density at radius 3 is 2.87 bits per heavy atom. The van der Waals surface area contributed by atoms with Gasteiger partial charge in [0.2, 0.25) is 4.80 Å². The van der Waals surface area contributed by atoms with Gasteiger partial charge in [-0.3, -0.25) is 4.57 Å². The van der Waals surface area contributed by atoms with E-state index in [0.29, 0.717) is 15.0 Å². The van der Waals surface area contributed by atoms with Crippen LogP contribution in [0.2, 0.25) is 0 Å². The van der Waals surface area contributed by atoms with Crippen LogP contribution in [0, 0.1) is 5.82 Å². The average molecular weight is 418 g/mol. The van der Waals surface area contributed by atoms with Crippen molar-refractivity contribution in [2.24, 2.45) is 4.99 Å². The minimum Gasteiger partial charge on any atom is -0.490 e. The summed E-state index contributed by atoms with van der Waals surface area (Å²) in [5, 5.41) is 0.940. The lowest BCUT2D eigenvalue weighted by atomic mass is 10.2. The van der Waals surface area contributed by atoms with E-state index in [4.69, 9.17) is 4.74 Å². The lowest BCUT2D eigenvalue weighted by Gasteiger charge is -2.13. The topological polar surface area (TPSA) is 39.4 Å². The van der Waals surface area contributed by atoms with Gasteiger partial charge in [0.05, 0.1) is 10.6 Å². The fourth-order valence-corrected chi connectivity index (χ4v) is 4.59. The van der Waals surface area contributed by atoms with Gasteiger partial charge >= 0.3 is 0 Å². The Morgan fingerprint density at radius 1 is 1.43 bits per heavy atom. The predicted molar refractivity (Wildman–Crippen MR) is 95.1 cm³/mol. The van der Waals surface area contributed by atoms with E-state index in [1.165, 1.54) is 17.6 Å². The third kappa shape index (κ3) is 3.64. The first-order chi connectivity index (χ1) is 10.7. The van der Waals surface area contributed by atoms with Crippen molar-refractivity contribution >= 4 is 44.9 Å². The highest BCUT2D eigenvalue weighted by atomic mass is 79.9. The maximum atomic E-state index is 14.3. The van der Waals surface area contributed by atoms with Gasteiger partial charge in [0.1, 0.15) is 17.3 Å². The van der Waals surface area contributed by atoms with E-state index in [0.717, 1.165) is 11.7 Å². The zero-order chi connectivity index (χ0) is 16.8. The van der Waals surface area contributed by atoms with E-state index in [-0.39, 0.29) is 22.4 Å². The normalized spacial score (nSPS) is 16.9. The highest BCUT2D eigenvalue weighted by Gasteiger charge is 2.31. The van der Waals surface area contributed by atoms with Gasteiger partial charge in [0.25, 0.3) is 0 Å². The van der Waals surface area contributed by atoms with Gasteiger partial charge in [-0.2, -0.15) is 4.37 Å². The Kier molecular flexibility index (Phi) is 4.59. The summed E-state index contributed by atoms with van der Waals surface area (Å²) >= 11 is 6.33. The van der Waals surface area contributed by atoms with Gasteiger partial charge in [-0.1, -0.05) is 11.8 Å². The van der Waals surface area contributed by atoms with Crippen LogP contribution in [0.1, 0.15) is 27.7 Å². The fourth-order valence-electron chi connectivity index (χ4n) is 2.26. The smallest absolute Gasteiger partial charge is 0.210 e. The molecule has 0 spiro atoms. The second kappa shape index (κ2) is 6.22. The van der Waals surface area contributed by atoms with Crippen molar-refractivity contribution in [2.45, 2.75) is 50.2 Å². The van der Waals surface area contributed by atoms with Crippen LogP contribution in [-0.4, -0.2) is 19.8 Å². The quantitative estimate of drug-likeness (QED) is 0.722. The van der Waals surface area contributed by atoms with Gasteiger partial charge in [0.15, 0.2) is 5.16 Å². The Labute approximate surface area is 151 Å². The van der Waals surface area contributed by atoms with Gasteiger partial charge in [-0.25, -0.2) is 9.38 Å². The van der Waals surface area contributed by atoms with Crippen molar-refractivity contribution in [2.75, 3.05) is 0 Å². The molecule has 1 aromatic heterocycles. The zero-order valence-electron chi connectivity index (χ0n) is 13.3. The minimum atomic E-state index is -0.388. The van der Waals surface area contributed by atoms with Crippen LogP contribution in [-0.2, 0) is 6.54 Å². The molecule has 0 unspecified atom stereocenters. The number of fused-ring (bicyclic) bond motifs is 1. The number of aromatic nitrogens is 2. The van der Waals surface area contributed by atoms with Gasteiger partial charge in [-0.15, -0.1) is 0 Å². The van der Waals surface area contributed by atoms with Crippen LogP contribution >= 0.6 is 39.2 Å². The molecule has 124 valence electrons. The third-order valence-electron chi connectivity index (χ3n) is 3.15. The molecule has 0 saturated heterocycles. The van der Waals surface area contributed by atoms with Crippen LogP contribution in [0.15, 0.2) is 26.8 Å². The summed E-state index contributed by atoms with van der Waals surface area (Å²) in [6.07, 6.45) is 0.00355. The predicted octanol–water partition coefficient (Wildman–Crippen LogP) is 4.75. The standard InChI is InChI=1S/C15H17BrFN3OS2/c1-8(2)21-12-6-11(10(17)5-9(12)16)18-13-20-7-15(3,4)22-14(20)19-23-13/h5-6,8H,7H2,1-4H3/b18-13-. The highest BCUT2D eigenvalue weighted by Crippen LogP contribution is 2.39. The molecule has 4 nitrogen and oxygen atoms in total. The molecule has 0 N–H and O–H groups in total. The minimum absolute atomic E-state index is 0.00355. The molecule has 0 saturated carbocycles. The molecule has 1 aromatic carbocycles. The number of halogens is 2. The van der Waals surface area contributed by atoms with E-state index in [1.54, 1.807) is 17.8 Å². The molecule has 3 rings (SSSR count). The van der Waals surface area contributed by atoms with Crippen molar-refractivity contribution in [3.8, 4) is 5.75 Å². The van der Waals surface area contributed by atoms with E-state index < -0.39 is 0 Å². The monoisotopic (exact) mass is 417 g/mol. The summed E-state index contributed by atoms with van der Waals surface area (Å²) in [6, 6.07) is 3.01. The molecular weight excluding hydrogens is 401 g/mol. The molecule has 0 bridgehead atoms. The highest BCUT2D eigenvalue weighted by molar-refractivity contribution is 9.10. The number of hydrogen-bond acceptors (Lipinski definition) is 5. The summed E-state index contributed by atoms with van der Waals surface area (Å²) in [5.74, 6) is 0.196. The number of thioether (sulfide) groups is 1. The fraction of sp³-hybridized carbons (Fsp3) is 0.467. The van der Waals surface area contributed by atoms with Gasteiger partial charge < -0.3 is 4.74 Å². The summed E-state index contributed by atoms with van der Waals surface area (Å²) in [7, 11) is 0. The zero-order valence-corrected chi connectivity index (χ0v) is 16.5. The van der Waals surface area contributed by atoms with Crippen LogP contribution in [0.4, 0.5) is 10.1 Å². The first-order valence-corrected chi connectivity index (χ1v) is 9.59. The number of benzene rings is 1. The van der Waals surface area contributed by atoms with E-state index in [9.17, 15) is 4.39 Å². The second-order valence-corrected chi connectivity index (χ2v) is 9.47. The molecule has 23 heavy (non-hydrogen) atoms. The Morgan fingerprint density at radius 2 is 2.17 bits per heavy atom. The van der Waals surface area contributed by atoms with Crippen molar-refractivity contribution in [1.82, 2.24) is 8.94 Å². The Hall–Kier alpha value is -0.860. The van der Waals surface area contributed by atoms with E-state index in [2.05, 4.69) is 39.1 Å². The Bertz CT molecular complexity index is 814. The van der Waals surface area contributed by atoms with E-state index in [1.807, 2.05) is 18.4 Å². The second-order valence-electron chi connectivity index (χ2n) is 6.21. The van der Waals surface area contributed by atoms with Crippen LogP contribution in [0.25, 0.3) is 0 Å². The molecule has 1 aliphatic heterocycles. The summed E-state index contributed by atoms with van der Waals surface area (Å²) < 4.78 is 27.1. The molecule has 0 amide bonds. The van der Waals surface area contributed by atoms with Crippen molar-refractivity contribution in [3.05, 3.63) is 27.2 Å². The average Bonchev–Trinajstić information content (AvgIpc) is 2.91. The first-order valence-electron chi connectivity index (χ1n) is 7.21. The van der Waals surface area contributed by atoms with Crippen molar-refractivity contribution in [1.29, 1.82) is 0 Å². The number of hydrogen-bond donors (Lipinski definition) is 0. The lowest BCUT2D eigenvalue weighted by molar-refractivity contribution is 0.240. The summed E-state index contributed by atoms with van der Waals surface area (Å²) in [5.41, 5.74) is 0.262. The molecular formula is C15H17BrFN3OS2. The summed E-state index contributed by atoms with van der Waals surface area (Å²) in [4.78, 5) is 5.18. The molecule has 0 radical (unpaired) electrons. The molecule has 2 heterocycles. The molecule has 0 fully saturated rings. The largest absolute Gasteiger partial charge is 0.490 e. The van der Waals surface area contributed by atoms with Crippen LogP contribution < -0.4 is 9.54 Å². The molecule has 0 aliphatic carbocycles. The molecule has 1 aliphatic rings. The maximum absolute atomic E-state index is 14.3. The maximum Gasteiger partial charge on any atom is 0.210 e. The van der Waals surface area contributed by atoms with Gasteiger partial charge in [0, 0.05) is 28.9 Å². The van der Waals surface area contributed by atoms with Crippen LogP contribution in [0.5, 0.6) is 5.75 Å². The van der Waals surface area contributed by atoms with Gasteiger partial charge in [-0.05, 0) is 49.7 Å². The molecule has 0 atom stereocenters. The SMILES string of the molecule is CC(C)Oc1cc(/N=c2\snc3n2CC(C)(C)S3)c(F)cc1Br. The Balaban J connectivity index is 2.04. The third-order valence-corrected chi connectivity index (χ3v) is 5.80. The lowest BCUT2D eigenvalue weighted by Crippen LogP contribution is -2.21. The van der Waals surface area contributed by atoms with Crippen LogP contribution in [0.3, 0.4) is 0 Å².